The summed E-state index contributed by atoms with van der Waals surface area (Å²) in [4.78, 5) is 23.3. The molecule has 3 aliphatic heterocycles. The maximum absolute atomic E-state index is 15.1. The van der Waals surface area contributed by atoms with E-state index in [1.807, 2.05) is 4.90 Å². The monoisotopic (exact) mass is 611 g/mol. The number of aromatic nitrogens is 4. The minimum Gasteiger partial charge on any atom is -0.467 e. The second kappa shape index (κ2) is 10.2. The molecular formula is C26H26ClF4N7O4. The summed E-state index contributed by atoms with van der Waals surface area (Å²) in [6, 6.07) is 1.60. The number of hydrogen-bond acceptors (Lipinski definition) is 9. The summed E-state index contributed by atoms with van der Waals surface area (Å²) < 4.78 is 75.1. The van der Waals surface area contributed by atoms with E-state index in [0.29, 0.717) is 49.1 Å². The number of anilines is 2. The lowest BCUT2D eigenvalue weighted by molar-refractivity contribution is -0.140. The molecule has 1 saturated heterocycles. The Morgan fingerprint density at radius 1 is 1.26 bits per heavy atom. The number of amides is 1. The van der Waals surface area contributed by atoms with Crippen LogP contribution in [0, 0.1) is 11.2 Å². The van der Waals surface area contributed by atoms with Crippen molar-refractivity contribution in [1.82, 2.24) is 25.1 Å². The van der Waals surface area contributed by atoms with E-state index in [0.717, 1.165) is 12.1 Å². The second-order valence-electron chi connectivity index (χ2n) is 10.6. The van der Waals surface area contributed by atoms with Crippen LogP contribution in [0.2, 0.25) is 5.02 Å². The molecule has 224 valence electrons. The lowest BCUT2D eigenvalue weighted by Gasteiger charge is -2.43. The molecule has 1 fully saturated rings. The molecule has 42 heavy (non-hydrogen) atoms. The highest BCUT2D eigenvalue weighted by Gasteiger charge is 2.46. The standard InChI is InChI=1S/C26H26ClF4N7O4/c1-33-23(39)21-19(27)16-6-37(8-25(10-41-11-25)9-38(16)36-21)22-12-7-42-17(5-15(12)34-24(35-22)40-2)18-13(26(29,30)31)3-4-14(32)20(18)28/h3-4,17H,5-11,32H2,1-2H3,(H,33,39). The van der Waals surface area contributed by atoms with E-state index in [9.17, 15) is 18.0 Å². The summed E-state index contributed by atoms with van der Waals surface area (Å²) in [6.45, 7) is 1.73. The van der Waals surface area contributed by atoms with Crippen LogP contribution in [-0.2, 0) is 41.8 Å². The number of nitrogens with one attached hydrogen (secondary N) is 1. The Kier molecular flexibility index (Phi) is 6.93. The van der Waals surface area contributed by atoms with Crippen LogP contribution in [0.1, 0.15) is 44.7 Å². The predicted molar refractivity (Wildman–Crippen MR) is 141 cm³/mol. The smallest absolute Gasteiger partial charge is 0.416 e. The van der Waals surface area contributed by atoms with E-state index >= 15 is 4.39 Å². The van der Waals surface area contributed by atoms with Crippen LogP contribution in [0.3, 0.4) is 0 Å². The fraction of sp³-hybridized carbons (Fsp3) is 0.462. The van der Waals surface area contributed by atoms with Gasteiger partial charge in [0.15, 0.2) is 11.5 Å². The van der Waals surface area contributed by atoms with E-state index in [2.05, 4.69) is 20.4 Å². The van der Waals surface area contributed by atoms with Crippen molar-refractivity contribution in [3.63, 3.8) is 0 Å². The van der Waals surface area contributed by atoms with Crippen molar-refractivity contribution in [3.05, 3.63) is 56.7 Å². The number of nitrogens with two attached hydrogens (primary N) is 1. The van der Waals surface area contributed by atoms with Gasteiger partial charge in [0.2, 0.25) is 0 Å². The van der Waals surface area contributed by atoms with E-state index < -0.39 is 40.8 Å². The molecule has 16 heteroatoms. The Bertz CT molecular complexity index is 1580. The summed E-state index contributed by atoms with van der Waals surface area (Å²) in [7, 11) is 2.85. The van der Waals surface area contributed by atoms with Crippen LogP contribution < -0.4 is 20.7 Å². The number of carbonyl (C=O) groups is 1. The molecule has 2 aromatic heterocycles. The normalized spacial score (nSPS) is 19.5. The molecule has 0 bridgehead atoms. The van der Waals surface area contributed by atoms with Gasteiger partial charge in [-0.25, -0.2) is 4.39 Å². The van der Waals surface area contributed by atoms with Gasteiger partial charge in [0.05, 0.1) is 79.2 Å². The first-order valence-corrected chi connectivity index (χ1v) is 13.3. The Hall–Kier alpha value is -3.69. The number of hydrogen-bond donors (Lipinski definition) is 2. The van der Waals surface area contributed by atoms with E-state index in [1.165, 1.54) is 14.2 Å². The van der Waals surface area contributed by atoms with Crippen molar-refractivity contribution in [2.24, 2.45) is 5.41 Å². The molecule has 11 nitrogen and oxygen atoms in total. The highest BCUT2D eigenvalue weighted by Crippen LogP contribution is 2.44. The fourth-order valence-electron chi connectivity index (χ4n) is 5.69. The third kappa shape index (κ3) is 4.68. The van der Waals surface area contributed by atoms with Gasteiger partial charge in [-0.1, -0.05) is 11.6 Å². The topological polar surface area (TPSA) is 130 Å². The molecule has 0 aliphatic carbocycles. The van der Waals surface area contributed by atoms with Gasteiger partial charge in [-0.15, -0.1) is 0 Å². The van der Waals surface area contributed by atoms with Crippen molar-refractivity contribution < 1.29 is 36.6 Å². The first-order chi connectivity index (χ1) is 19.9. The number of alkyl halides is 3. The Labute approximate surface area is 241 Å². The minimum atomic E-state index is -4.83. The van der Waals surface area contributed by atoms with Crippen molar-refractivity contribution in [1.29, 1.82) is 0 Å². The van der Waals surface area contributed by atoms with Crippen molar-refractivity contribution in [2.75, 3.05) is 44.5 Å². The zero-order chi connectivity index (χ0) is 30.0. The lowest BCUT2D eigenvalue weighted by atomic mass is 9.85. The number of benzene rings is 1. The number of rotatable bonds is 4. The summed E-state index contributed by atoms with van der Waals surface area (Å²) in [5.74, 6) is -1.20. The van der Waals surface area contributed by atoms with Crippen molar-refractivity contribution >= 4 is 29.0 Å². The first-order valence-electron chi connectivity index (χ1n) is 12.9. The van der Waals surface area contributed by atoms with Crippen molar-refractivity contribution in [3.8, 4) is 6.01 Å². The molecular weight excluding hydrogens is 586 g/mol. The van der Waals surface area contributed by atoms with Crippen LogP contribution >= 0.6 is 11.6 Å². The number of methoxy groups -OCH3 is 1. The van der Waals surface area contributed by atoms with Gasteiger partial charge >= 0.3 is 12.2 Å². The molecule has 3 N–H and O–H groups in total. The average Bonchev–Trinajstić information content (AvgIpc) is 3.12. The number of ether oxygens (including phenoxy) is 3. The van der Waals surface area contributed by atoms with Gasteiger partial charge in [-0.05, 0) is 12.1 Å². The van der Waals surface area contributed by atoms with Crippen LogP contribution in [-0.4, -0.2) is 59.6 Å². The molecule has 0 radical (unpaired) electrons. The third-order valence-electron chi connectivity index (χ3n) is 7.78. The maximum Gasteiger partial charge on any atom is 0.416 e. The lowest BCUT2D eigenvalue weighted by Crippen LogP contribution is -2.52. The molecule has 1 aromatic carbocycles. The van der Waals surface area contributed by atoms with Gasteiger partial charge in [-0.2, -0.15) is 28.2 Å². The first kappa shape index (κ1) is 28.4. The average molecular weight is 612 g/mol. The van der Waals surface area contributed by atoms with Crippen LogP contribution in [0.5, 0.6) is 6.01 Å². The quantitative estimate of drug-likeness (QED) is 0.337. The van der Waals surface area contributed by atoms with Gasteiger partial charge in [0.25, 0.3) is 5.91 Å². The van der Waals surface area contributed by atoms with Crippen molar-refractivity contribution in [2.45, 2.75) is 38.4 Å². The third-order valence-corrected chi connectivity index (χ3v) is 8.18. The molecule has 3 aliphatic rings. The van der Waals surface area contributed by atoms with Gasteiger partial charge < -0.3 is 30.2 Å². The van der Waals surface area contributed by atoms with Gasteiger partial charge in [0.1, 0.15) is 5.82 Å². The summed E-state index contributed by atoms with van der Waals surface area (Å²) in [6.07, 6.45) is -6.33. The van der Waals surface area contributed by atoms with Crippen LogP contribution in [0.25, 0.3) is 0 Å². The summed E-state index contributed by atoms with van der Waals surface area (Å²) in [5.41, 5.74) is 4.52. The van der Waals surface area contributed by atoms with E-state index in [4.69, 9.17) is 31.5 Å². The van der Waals surface area contributed by atoms with E-state index in [1.54, 1.807) is 4.68 Å². The fourth-order valence-corrected chi connectivity index (χ4v) is 5.97. The number of carbonyl (C=O) groups excluding carboxylic acids is 1. The maximum atomic E-state index is 15.1. The molecule has 5 heterocycles. The molecule has 1 atom stereocenters. The number of nitrogens with zero attached hydrogens (tertiary/aromatic N) is 5. The number of fused-ring (bicyclic) bond motifs is 2. The zero-order valence-electron chi connectivity index (χ0n) is 22.5. The molecule has 1 spiro atoms. The number of halogens is 5. The molecule has 6 rings (SSSR count). The molecule has 0 saturated carbocycles. The zero-order valence-corrected chi connectivity index (χ0v) is 23.3. The number of nitrogen functional groups attached to an aromatic ring is 1. The Morgan fingerprint density at radius 2 is 2.02 bits per heavy atom. The summed E-state index contributed by atoms with van der Waals surface area (Å²) in [5, 5.41) is 7.20. The Morgan fingerprint density at radius 3 is 2.67 bits per heavy atom. The van der Waals surface area contributed by atoms with Gasteiger partial charge in [0, 0.05) is 31.1 Å². The van der Waals surface area contributed by atoms with Gasteiger partial charge in [-0.3, -0.25) is 9.48 Å². The SMILES string of the molecule is CNC(=O)c1nn2c(c1Cl)CN(c1nc(OC)nc3c1COC(c1c(C(F)(F)F)ccc(N)c1F)C3)CC1(COC1)C2. The molecule has 1 amide bonds. The second-order valence-corrected chi connectivity index (χ2v) is 11.0. The Balaban J connectivity index is 1.42. The largest absolute Gasteiger partial charge is 0.467 e. The van der Waals surface area contributed by atoms with Crippen LogP contribution in [0.15, 0.2) is 12.1 Å². The molecule has 3 aromatic rings. The van der Waals surface area contributed by atoms with Crippen LogP contribution in [0.4, 0.5) is 29.1 Å². The summed E-state index contributed by atoms with van der Waals surface area (Å²) >= 11 is 6.64. The molecule has 1 unspecified atom stereocenters. The highest BCUT2D eigenvalue weighted by molar-refractivity contribution is 6.34. The van der Waals surface area contributed by atoms with E-state index in [-0.39, 0.29) is 41.7 Å². The predicted octanol–water partition coefficient (Wildman–Crippen LogP) is 3.29. The minimum absolute atomic E-state index is 0.0256. The highest BCUT2D eigenvalue weighted by atomic mass is 35.5.